The molecule has 3 aromatic carbocycles. The van der Waals surface area contributed by atoms with E-state index in [0.717, 1.165) is 10.6 Å². The van der Waals surface area contributed by atoms with Gasteiger partial charge >= 0.3 is 0 Å². The van der Waals surface area contributed by atoms with Crippen LogP contribution in [0.1, 0.15) is 16.7 Å². The molecule has 0 aromatic heterocycles. The zero-order chi connectivity index (χ0) is 15.5. The van der Waals surface area contributed by atoms with Crippen LogP contribution in [0.4, 0.5) is 0 Å². The van der Waals surface area contributed by atoms with Gasteiger partial charge in [0, 0.05) is 5.56 Å². The van der Waals surface area contributed by atoms with Gasteiger partial charge < -0.3 is 0 Å². The molecule has 0 fully saturated rings. The van der Waals surface area contributed by atoms with Gasteiger partial charge in [-0.15, -0.1) is 0 Å². The second kappa shape index (κ2) is 5.94. The Morgan fingerprint density at radius 2 is 1.13 bits per heavy atom. The maximum Gasteiger partial charge on any atom is 0.156 e. The lowest BCUT2D eigenvalue weighted by molar-refractivity contribution is 0.600. The van der Waals surface area contributed by atoms with Gasteiger partial charge in [-0.1, -0.05) is 103 Å². The highest BCUT2D eigenvalue weighted by atomic mass is 32.2. The second-order valence-corrected chi connectivity index (χ2v) is 6.61. The van der Waals surface area contributed by atoms with Crippen molar-refractivity contribution in [1.82, 2.24) is 5.43 Å². The monoisotopic (exact) mass is 316 g/mol. The fourth-order valence-corrected chi connectivity index (χ4v) is 4.02. The molecule has 0 amide bonds. The molecule has 0 saturated heterocycles. The van der Waals surface area contributed by atoms with Crippen molar-refractivity contribution in [3.05, 3.63) is 108 Å². The summed E-state index contributed by atoms with van der Waals surface area (Å²) in [6, 6.07) is 31.3. The molecule has 4 rings (SSSR count). The second-order valence-electron chi connectivity index (χ2n) is 5.41. The van der Waals surface area contributed by atoms with E-state index in [2.05, 4.69) is 71.2 Å². The van der Waals surface area contributed by atoms with Crippen molar-refractivity contribution in [3.8, 4) is 0 Å². The Hall–Kier alpha value is -2.52. The Bertz CT molecular complexity index is 775. The van der Waals surface area contributed by atoms with Gasteiger partial charge in [0.2, 0.25) is 0 Å². The van der Waals surface area contributed by atoms with E-state index in [0.29, 0.717) is 0 Å². The van der Waals surface area contributed by atoms with Crippen LogP contribution in [-0.2, 0) is 4.87 Å². The summed E-state index contributed by atoms with van der Waals surface area (Å²) in [7, 11) is 0. The topological polar surface area (TPSA) is 24.4 Å². The molecule has 3 heteroatoms. The average molecular weight is 316 g/mol. The van der Waals surface area contributed by atoms with Crippen LogP contribution in [0, 0.1) is 0 Å². The zero-order valence-electron chi connectivity index (χ0n) is 12.5. The predicted octanol–water partition coefficient (Wildman–Crippen LogP) is 4.59. The first kappa shape index (κ1) is 14.1. The number of hydrogen-bond donors (Lipinski definition) is 1. The number of hydrogen-bond acceptors (Lipinski definition) is 3. The molecular formula is C20H16N2S. The number of nitrogens with one attached hydrogen (secondary N) is 1. The van der Waals surface area contributed by atoms with E-state index in [9.17, 15) is 0 Å². The molecule has 2 nitrogen and oxygen atoms in total. The van der Waals surface area contributed by atoms with E-state index in [1.165, 1.54) is 11.1 Å². The summed E-state index contributed by atoms with van der Waals surface area (Å²) in [6.45, 7) is 0. The lowest BCUT2D eigenvalue weighted by Gasteiger charge is -2.29. The van der Waals surface area contributed by atoms with Crippen molar-refractivity contribution in [2.24, 2.45) is 5.10 Å². The molecule has 0 bridgehead atoms. The van der Waals surface area contributed by atoms with E-state index in [-0.39, 0.29) is 4.87 Å². The van der Waals surface area contributed by atoms with Gasteiger partial charge in [0.05, 0.1) is 0 Å². The fraction of sp³-hybridized carbons (Fsp3) is 0.0500. The van der Waals surface area contributed by atoms with Gasteiger partial charge in [-0.2, -0.15) is 5.10 Å². The molecule has 1 heterocycles. The van der Waals surface area contributed by atoms with Crippen molar-refractivity contribution in [2.45, 2.75) is 4.87 Å². The molecule has 3 aromatic rings. The Kier molecular flexibility index (Phi) is 3.64. The first-order valence-corrected chi connectivity index (χ1v) is 8.40. The molecular weight excluding hydrogens is 300 g/mol. The predicted molar refractivity (Wildman–Crippen MR) is 97.4 cm³/mol. The minimum absolute atomic E-state index is 0.381. The molecule has 1 aliphatic heterocycles. The highest BCUT2D eigenvalue weighted by molar-refractivity contribution is 8.15. The lowest BCUT2D eigenvalue weighted by atomic mass is 9.98. The van der Waals surface area contributed by atoms with Crippen LogP contribution in [0.2, 0.25) is 0 Å². The first-order chi connectivity index (χ1) is 11.4. The maximum atomic E-state index is 4.64. The van der Waals surface area contributed by atoms with Crippen LogP contribution in [0.3, 0.4) is 0 Å². The molecule has 0 atom stereocenters. The minimum Gasteiger partial charge on any atom is -0.284 e. The van der Waals surface area contributed by atoms with Gasteiger partial charge in [-0.3, -0.25) is 5.43 Å². The van der Waals surface area contributed by atoms with Crippen LogP contribution in [0.15, 0.2) is 96.1 Å². The van der Waals surface area contributed by atoms with Crippen LogP contribution in [0.5, 0.6) is 0 Å². The molecule has 0 radical (unpaired) electrons. The molecule has 112 valence electrons. The number of rotatable bonds is 3. The van der Waals surface area contributed by atoms with E-state index in [1.54, 1.807) is 11.8 Å². The van der Waals surface area contributed by atoms with Gasteiger partial charge in [0.15, 0.2) is 4.87 Å². The zero-order valence-corrected chi connectivity index (χ0v) is 13.3. The summed E-state index contributed by atoms with van der Waals surface area (Å²) < 4.78 is 0. The number of thioether (sulfide) groups is 1. The van der Waals surface area contributed by atoms with E-state index in [1.807, 2.05) is 30.3 Å². The highest BCUT2D eigenvalue weighted by Crippen LogP contribution is 2.45. The summed E-state index contributed by atoms with van der Waals surface area (Å²) in [4.78, 5) is -0.381. The van der Waals surface area contributed by atoms with Crippen molar-refractivity contribution in [3.63, 3.8) is 0 Å². The van der Waals surface area contributed by atoms with Crippen molar-refractivity contribution in [2.75, 3.05) is 0 Å². The summed E-state index contributed by atoms with van der Waals surface area (Å²) in [5.41, 5.74) is 6.94. The molecule has 1 aliphatic rings. The van der Waals surface area contributed by atoms with Crippen LogP contribution in [0.25, 0.3) is 0 Å². The summed E-state index contributed by atoms with van der Waals surface area (Å²) in [5.74, 6) is 0. The number of nitrogens with zero attached hydrogens (tertiary/aromatic N) is 1. The highest BCUT2D eigenvalue weighted by Gasteiger charge is 2.40. The quantitative estimate of drug-likeness (QED) is 0.764. The third-order valence-electron chi connectivity index (χ3n) is 3.95. The first-order valence-electron chi connectivity index (χ1n) is 7.59. The standard InChI is InChI=1S/C20H16N2S/c1-4-10-16(11-5-1)19-21-22-20(23-19,17-12-6-2-7-13-17)18-14-8-3-9-15-18/h1-15,22H. The summed E-state index contributed by atoms with van der Waals surface area (Å²) >= 11 is 1.76. The Labute approximate surface area is 140 Å². The molecule has 0 unspecified atom stereocenters. The van der Waals surface area contributed by atoms with Gasteiger partial charge in [-0.05, 0) is 11.1 Å². The third kappa shape index (κ3) is 2.53. The Morgan fingerprint density at radius 1 is 0.652 bits per heavy atom. The van der Waals surface area contributed by atoms with Gasteiger partial charge in [-0.25, -0.2) is 0 Å². The molecule has 23 heavy (non-hydrogen) atoms. The molecule has 0 aliphatic carbocycles. The molecule has 1 N–H and O–H groups in total. The Morgan fingerprint density at radius 3 is 1.65 bits per heavy atom. The largest absolute Gasteiger partial charge is 0.284 e. The van der Waals surface area contributed by atoms with Crippen LogP contribution in [-0.4, -0.2) is 5.04 Å². The van der Waals surface area contributed by atoms with E-state index < -0.39 is 0 Å². The van der Waals surface area contributed by atoms with Crippen LogP contribution >= 0.6 is 11.8 Å². The Balaban J connectivity index is 1.78. The number of benzene rings is 3. The third-order valence-corrected chi connectivity index (χ3v) is 5.34. The normalized spacial score (nSPS) is 15.7. The van der Waals surface area contributed by atoms with E-state index >= 15 is 0 Å². The van der Waals surface area contributed by atoms with E-state index in [4.69, 9.17) is 0 Å². The van der Waals surface area contributed by atoms with Crippen molar-refractivity contribution in [1.29, 1.82) is 0 Å². The summed E-state index contributed by atoms with van der Waals surface area (Å²) in [6.07, 6.45) is 0. The lowest BCUT2D eigenvalue weighted by Crippen LogP contribution is -2.34. The molecule has 0 spiro atoms. The van der Waals surface area contributed by atoms with Crippen molar-refractivity contribution >= 4 is 16.8 Å². The fourth-order valence-electron chi connectivity index (χ4n) is 2.78. The van der Waals surface area contributed by atoms with Gasteiger partial charge in [0.25, 0.3) is 0 Å². The minimum atomic E-state index is -0.381. The van der Waals surface area contributed by atoms with Crippen molar-refractivity contribution < 1.29 is 0 Å². The SMILES string of the molecule is c1ccc(C2=NNC(c3ccccc3)(c3ccccc3)S2)cc1. The summed E-state index contributed by atoms with van der Waals surface area (Å²) in [5, 5.41) is 5.65. The number of hydrazone groups is 1. The average Bonchev–Trinajstić information content (AvgIpc) is 3.11. The smallest absolute Gasteiger partial charge is 0.156 e. The van der Waals surface area contributed by atoms with Crippen LogP contribution < -0.4 is 5.43 Å². The maximum absolute atomic E-state index is 4.64. The molecule has 0 saturated carbocycles. The van der Waals surface area contributed by atoms with Gasteiger partial charge in [0.1, 0.15) is 5.04 Å².